The summed E-state index contributed by atoms with van der Waals surface area (Å²) in [4.78, 5) is 0.628. The predicted octanol–water partition coefficient (Wildman–Crippen LogP) is 4.38. The fourth-order valence-electron chi connectivity index (χ4n) is 1.67. The molecule has 1 nitrogen and oxygen atoms in total. The van der Waals surface area contributed by atoms with E-state index in [4.69, 9.17) is 5.73 Å². The van der Waals surface area contributed by atoms with Gasteiger partial charge in [0, 0.05) is 21.2 Å². The van der Waals surface area contributed by atoms with Crippen molar-refractivity contribution in [3.05, 3.63) is 64.4 Å². The quantitative estimate of drug-likeness (QED) is 0.844. The van der Waals surface area contributed by atoms with Crippen molar-refractivity contribution in [3.8, 4) is 0 Å². The number of hydrogen-bond acceptors (Lipinski definition) is 2. The van der Waals surface area contributed by atoms with Crippen LogP contribution in [-0.2, 0) is 0 Å². The lowest BCUT2D eigenvalue weighted by Gasteiger charge is -2.16. The molecule has 0 amide bonds. The third kappa shape index (κ3) is 3.13. The van der Waals surface area contributed by atoms with E-state index >= 15 is 0 Å². The molecule has 2 rings (SSSR count). The first-order chi connectivity index (χ1) is 8.72. The maximum absolute atomic E-state index is 13.6. The first-order valence-electron chi connectivity index (χ1n) is 5.58. The van der Waals surface area contributed by atoms with E-state index in [-0.39, 0.29) is 11.1 Å². The SMILES string of the molecule is NCC(Sc1ccccc1F)c1ccccc1Br. The van der Waals surface area contributed by atoms with Crippen LogP contribution in [0.4, 0.5) is 4.39 Å². The van der Waals surface area contributed by atoms with Crippen molar-refractivity contribution in [1.29, 1.82) is 0 Å². The molecule has 18 heavy (non-hydrogen) atoms. The summed E-state index contributed by atoms with van der Waals surface area (Å²) in [7, 11) is 0. The third-order valence-corrected chi connectivity index (χ3v) is 4.61. The van der Waals surface area contributed by atoms with E-state index in [0.717, 1.165) is 10.0 Å². The van der Waals surface area contributed by atoms with Crippen molar-refractivity contribution in [2.45, 2.75) is 10.1 Å². The Morgan fingerprint density at radius 3 is 2.44 bits per heavy atom. The second kappa shape index (κ2) is 6.36. The van der Waals surface area contributed by atoms with Crippen LogP contribution in [0.5, 0.6) is 0 Å². The van der Waals surface area contributed by atoms with Gasteiger partial charge in [0.25, 0.3) is 0 Å². The van der Waals surface area contributed by atoms with Crippen LogP contribution in [-0.4, -0.2) is 6.54 Å². The second-order valence-corrected chi connectivity index (χ2v) is 5.89. The van der Waals surface area contributed by atoms with Crippen LogP contribution >= 0.6 is 27.7 Å². The zero-order valence-corrected chi connectivity index (χ0v) is 12.0. The Morgan fingerprint density at radius 2 is 1.78 bits per heavy atom. The van der Waals surface area contributed by atoms with Crippen molar-refractivity contribution in [3.63, 3.8) is 0 Å². The molecule has 1 unspecified atom stereocenters. The zero-order chi connectivity index (χ0) is 13.0. The molecular weight excluding hydrogens is 313 g/mol. The fraction of sp³-hybridized carbons (Fsp3) is 0.143. The number of halogens is 2. The van der Waals surface area contributed by atoms with Gasteiger partial charge >= 0.3 is 0 Å². The molecule has 0 aliphatic heterocycles. The predicted molar refractivity (Wildman–Crippen MR) is 78.2 cm³/mol. The van der Waals surface area contributed by atoms with Crippen LogP contribution in [0.15, 0.2) is 57.9 Å². The maximum atomic E-state index is 13.6. The van der Waals surface area contributed by atoms with Crippen LogP contribution in [0.2, 0.25) is 0 Å². The van der Waals surface area contributed by atoms with Gasteiger partial charge in [0.1, 0.15) is 5.82 Å². The summed E-state index contributed by atoms with van der Waals surface area (Å²) < 4.78 is 14.6. The van der Waals surface area contributed by atoms with Gasteiger partial charge < -0.3 is 5.73 Å². The van der Waals surface area contributed by atoms with Gasteiger partial charge in [-0.15, -0.1) is 11.8 Å². The summed E-state index contributed by atoms with van der Waals surface area (Å²) in [5.41, 5.74) is 6.90. The molecule has 0 spiro atoms. The zero-order valence-electron chi connectivity index (χ0n) is 9.64. The molecule has 1 atom stereocenters. The van der Waals surface area contributed by atoms with Crippen molar-refractivity contribution >= 4 is 27.7 Å². The second-order valence-electron chi connectivity index (χ2n) is 3.79. The van der Waals surface area contributed by atoms with Gasteiger partial charge in [-0.3, -0.25) is 0 Å². The minimum atomic E-state index is -0.201. The molecule has 0 saturated heterocycles. The van der Waals surface area contributed by atoms with Crippen LogP contribution in [0.25, 0.3) is 0 Å². The van der Waals surface area contributed by atoms with E-state index in [1.54, 1.807) is 12.1 Å². The molecule has 0 heterocycles. The summed E-state index contributed by atoms with van der Waals surface area (Å²) in [6.45, 7) is 0.460. The van der Waals surface area contributed by atoms with Gasteiger partial charge in [-0.25, -0.2) is 4.39 Å². The van der Waals surface area contributed by atoms with E-state index in [1.165, 1.54) is 17.8 Å². The molecule has 94 valence electrons. The molecule has 0 radical (unpaired) electrons. The van der Waals surface area contributed by atoms with Crippen LogP contribution in [0.1, 0.15) is 10.8 Å². The Balaban J connectivity index is 2.26. The highest BCUT2D eigenvalue weighted by atomic mass is 79.9. The van der Waals surface area contributed by atoms with Gasteiger partial charge in [0.2, 0.25) is 0 Å². The summed E-state index contributed by atoms with van der Waals surface area (Å²) >= 11 is 4.96. The van der Waals surface area contributed by atoms with Crippen LogP contribution in [0, 0.1) is 5.82 Å². The summed E-state index contributed by atoms with van der Waals surface area (Å²) in [6.07, 6.45) is 0. The lowest BCUT2D eigenvalue weighted by atomic mass is 10.1. The molecule has 0 bridgehead atoms. The first-order valence-corrected chi connectivity index (χ1v) is 7.25. The van der Waals surface area contributed by atoms with Gasteiger partial charge in [-0.05, 0) is 23.8 Å². The van der Waals surface area contributed by atoms with Crippen molar-refractivity contribution in [2.24, 2.45) is 5.73 Å². The number of benzene rings is 2. The number of nitrogens with two attached hydrogens (primary N) is 1. The molecule has 2 N–H and O–H groups in total. The van der Waals surface area contributed by atoms with E-state index < -0.39 is 0 Å². The third-order valence-electron chi connectivity index (χ3n) is 2.57. The number of rotatable bonds is 4. The standard InChI is InChI=1S/C14H13BrFNS/c15-11-6-2-1-5-10(11)14(9-17)18-13-8-4-3-7-12(13)16/h1-8,14H,9,17H2. The normalized spacial score (nSPS) is 12.4. The highest BCUT2D eigenvalue weighted by Gasteiger charge is 2.15. The summed E-state index contributed by atoms with van der Waals surface area (Å²) in [5, 5.41) is 0.0393. The lowest BCUT2D eigenvalue weighted by molar-refractivity contribution is 0.601. The van der Waals surface area contributed by atoms with Crippen LogP contribution < -0.4 is 5.73 Å². The smallest absolute Gasteiger partial charge is 0.136 e. The van der Waals surface area contributed by atoms with E-state index in [0.29, 0.717) is 11.4 Å². The van der Waals surface area contributed by atoms with Crippen molar-refractivity contribution < 1.29 is 4.39 Å². The summed E-state index contributed by atoms with van der Waals surface area (Å²) in [5.74, 6) is -0.201. The number of hydrogen-bond donors (Lipinski definition) is 1. The fourth-order valence-corrected chi connectivity index (χ4v) is 3.45. The Kier molecular flexibility index (Phi) is 4.80. The molecular formula is C14H13BrFNS. The topological polar surface area (TPSA) is 26.0 Å². The van der Waals surface area contributed by atoms with Crippen molar-refractivity contribution in [1.82, 2.24) is 0 Å². The monoisotopic (exact) mass is 325 g/mol. The van der Waals surface area contributed by atoms with E-state index in [1.807, 2.05) is 30.3 Å². The molecule has 2 aromatic rings. The Labute approximate surface area is 119 Å². The average molecular weight is 326 g/mol. The van der Waals surface area contributed by atoms with Gasteiger partial charge in [0.05, 0.1) is 0 Å². The Morgan fingerprint density at radius 1 is 1.11 bits per heavy atom. The number of thioether (sulfide) groups is 1. The molecule has 4 heteroatoms. The Hall–Kier alpha value is -0.840. The largest absolute Gasteiger partial charge is 0.329 e. The first kappa shape index (κ1) is 13.6. The summed E-state index contributed by atoms with van der Waals surface area (Å²) in [6, 6.07) is 14.7. The van der Waals surface area contributed by atoms with Crippen LogP contribution in [0.3, 0.4) is 0 Å². The molecule has 0 fully saturated rings. The molecule has 0 aliphatic carbocycles. The maximum Gasteiger partial charge on any atom is 0.136 e. The Bertz CT molecular complexity index is 533. The molecule has 2 aromatic carbocycles. The highest BCUT2D eigenvalue weighted by molar-refractivity contribution is 9.10. The highest BCUT2D eigenvalue weighted by Crippen LogP contribution is 2.38. The van der Waals surface area contributed by atoms with Gasteiger partial charge in [-0.2, -0.15) is 0 Å². The molecule has 0 saturated carbocycles. The molecule has 0 aliphatic rings. The van der Waals surface area contributed by atoms with E-state index in [9.17, 15) is 4.39 Å². The molecule has 0 aromatic heterocycles. The lowest BCUT2D eigenvalue weighted by Crippen LogP contribution is -2.10. The minimum Gasteiger partial charge on any atom is -0.329 e. The van der Waals surface area contributed by atoms with Gasteiger partial charge in [-0.1, -0.05) is 46.3 Å². The van der Waals surface area contributed by atoms with Gasteiger partial charge in [0.15, 0.2) is 0 Å². The minimum absolute atomic E-state index is 0.0393. The van der Waals surface area contributed by atoms with E-state index in [2.05, 4.69) is 15.9 Å². The average Bonchev–Trinajstić information content (AvgIpc) is 2.39. The van der Waals surface area contributed by atoms with Crippen molar-refractivity contribution in [2.75, 3.05) is 6.54 Å².